The molecule has 0 aromatic rings. The molecule has 0 amide bonds. The molecule has 59 heavy (non-hydrogen) atoms. The number of ether oxygens (including phenoxy) is 2. The van der Waals surface area contributed by atoms with Gasteiger partial charge in [-0.25, -0.2) is 0 Å². The smallest absolute Gasteiger partial charge is 0.305 e. The lowest BCUT2D eigenvalue weighted by atomic mass is 9.95. The van der Waals surface area contributed by atoms with E-state index in [2.05, 4.69) is 51.5 Å². The van der Waals surface area contributed by atoms with E-state index in [1.54, 1.807) is 0 Å². The largest absolute Gasteiger partial charge is 0.465 e. The minimum atomic E-state index is 0.00633. The molecule has 6 nitrogen and oxygen atoms in total. The first-order chi connectivity index (χ1) is 28.9. The maximum absolute atomic E-state index is 12.8. The zero-order chi connectivity index (χ0) is 43.3. The average Bonchev–Trinajstić information content (AvgIpc) is 3.23. The average molecular weight is 835 g/mol. The Hall–Kier alpha value is -1.14. The van der Waals surface area contributed by atoms with Crippen molar-refractivity contribution in [3.63, 3.8) is 0 Å². The number of esters is 2. The van der Waals surface area contributed by atoms with Gasteiger partial charge in [-0.2, -0.15) is 0 Å². The Morgan fingerprint density at radius 2 is 0.678 bits per heavy atom. The monoisotopic (exact) mass is 835 g/mol. The molecule has 0 fully saturated rings. The minimum Gasteiger partial charge on any atom is -0.465 e. The van der Waals surface area contributed by atoms with Crippen LogP contribution in [0.5, 0.6) is 0 Å². The molecule has 0 rings (SSSR count). The van der Waals surface area contributed by atoms with Gasteiger partial charge in [-0.3, -0.25) is 9.59 Å². The van der Waals surface area contributed by atoms with Crippen molar-refractivity contribution in [1.29, 1.82) is 0 Å². The molecule has 0 heterocycles. The van der Waals surface area contributed by atoms with Gasteiger partial charge in [0.05, 0.1) is 13.2 Å². The van der Waals surface area contributed by atoms with Gasteiger partial charge >= 0.3 is 11.9 Å². The van der Waals surface area contributed by atoms with Crippen LogP contribution in [0.15, 0.2) is 0 Å². The van der Waals surface area contributed by atoms with E-state index in [0.29, 0.717) is 37.9 Å². The van der Waals surface area contributed by atoms with E-state index in [0.717, 1.165) is 71.2 Å². The van der Waals surface area contributed by atoms with Gasteiger partial charge in [-0.15, -0.1) is 0 Å². The van der Waals surface area contributed by atoms with Gasteiger partial charge in [0.15, 0.2) is 0 Å². The van der Waals surface area contributed by atoms with Crippen LogP contribution in [-0.2, 0) is 19.1 Å². The van der Waals surface area contributed by atoms with E-state index in [9.17, 15) is 9.59 Å². The van der Waals surface area contributed by atoms with E-state index < -0.39 is 0 Å². The fraction of sp³-hybridized carbons (Fsp3) is 0.962. The lowest BCUT2D eigenvalue weighted by molar-refractivity contribution is -0.146. The van der Waals surface area contributed by atoms with Gasteiger partial charge in [0.2, 0.25) is 0 Å². The zero-order valence-electron chi connectivity index (χ0n) is 41.1. The van der Waals surface area contributed by atoms with Crippen LogP contribution in [0.2, 0.25) is 0 Å². The molecule has 0 aromatic carbocycles. The summed E-state index contributed by atoms with van der Waals surface area (Å²) in [6.45, 7) is 18.2. The van der Waals surface area contributed by atoms with Gasteiger partial charge in [-0.05, 0) is 116 Å². The fourth-order valence-corrected chi connectivity index (χ4v) is 8.64. The highest BCUT2D eigenvalue weighted by atomic mass is 16.5. The number of nitrogens with zero attached hydrogens (tertiary/aromatic N) is 2. The number of hydrogen-bond donors (Lipinski definition) is 0. The van der Waals surface area contributed by atoms with E-state index >= 15 is 0 Å². The van der Waals surface area contributed by atoms with Gasteiger partial charge in [0.25, 0.3) is 0 Å². The van der Waals surface area contributed by atoms with Crippen LogP contribution in [0.1, 0.15) is 266 Å². The summed E-state index contributed by atoms with van der Waals surface area (Å²) in [6.07, 6.45) is 43.6. The second-order valence-electron chi connectivity index (χ2n) is 18.7. The Labute approximate surface area is 370 Å². The van der Waals surface area contributed by atoms with Gasteiger partial charge in [0.1, 0.15) is 0 Å². The quantitative estimate of drug-likeness (QED) is 0.0449. The molecule has 0 N–H and O–H groups in total. The molecule has 0 radical (unpaired) electrons. The van der Waals surface area contributed by atoms with E-state index in [4.69, 9.17) is 9.47 Å². The molecular formula is C53H106N2O4. The van der Waals surface area contributed by atoms with Crippen LogP contribution >= 0.6 is 0 Å². The predicted molar refractivity (Wildman–Crippen MR) is 257 cm³/mol. The molecule has 352 valence electrons. The molecule has 0 saturated heterocycles. The topological polar surface area (TPSA) is 59.1 Å². The third kappa shape index (κ3) is 42.0. The van der Waals surface area contributed by atoms with Crippen LogP contribution in [0, 0.1) is 11.8 Å². The number of unbranched alkanes of at least 4 members (excludes halogenated alkanes) is 22. The molecule has 0 aliphatic rings. The Bertz CT molecular complexity index is 868. The molecule has 0 spiro atoms. The van der Waals surface area contributed by atoms with Crippen LogP contribution in [0.4, 0.5) is 0 Å². The molecule has 0 saturated carbocycles. The Kier molecular flexibility index (Phi) is 45.5. The van der Waals surface area contributed by atoms with Crippen molar-refractivity contribution in [2.24, 2.45) is 11.8 Å². The van der Waals surface area contributed by atoms with E-state index in [1.165, 1.54) is 180 Å². The first kappa shape index (κ1) is 57.9. The van der Waals surface area contributed by atoms with Gasteiger partial charge in [0, 0.05) is 12.8 Å². The van der Waals surface area contributed by atoms with Crippen molar-refractivity contribution >= 4 is 11.9 Å². The molecule has 2 unspecified atom stereocenters. The lowest BCUT2D eigenvalue weighted by Crippen LogP contribution is -2.30. The Morgan fingerprint density at radius 3 is 1.05 bits per heavy atom. The molecule has 6 heteroatoms. The summed E-state index contributed by atoms with van der Waals surface area (Å²) in [5.74, 6) is 1.08. The van der Waals surface area contributed by atoms with Crippen molar-refractivity contribution in [3.8, 4) is 0 Å². The lowest BCUT2D eigenvalue weighted by Gasteiger charge is -2.24. The summed E-state index contributed by atoms with van der Waals surface area (Å²) < 4.78 is 11.8. The third-order valence-electron chi connectivity index (χ3n) is 12.7. The third-order valence-corrected chi connectivity index (χ3v) is 12.7. The standard InChI is InChI=1S/C53H106N2O4/c1-7-12-16-20-22-23-25-31-40-51(38-29-19-15-10-4)49-59-53(57)42-33-27-35-46-55(47-36-44-54(6)43-11-5)45-34-26-32-41-52(56)58-48-50(37-28-18-14-9-3)39-30-24-21-17-13-8-2/h50-51H,7-49H2,1-6H3. The van der Waals surface area contributed by atoms with Crippen LogP contribution < -0.4 is 0 Å². The van der Waals surface area contributed by atoms with Crippen molar-refractivity contribution in [3.05, 3.63) is 0 Å². The maximum atomic E-state index is 12.8. The van der Waals surface area contributed by atoms with Crippen LogP contribution in [-0.4, -0.2) is 74.7 Å². The first-order valence-corrected chi connectivity index (χ1v) is 26.6. The summed E-state index contributed by atoms with van der Waals surface area (Å²) in [5.41, 5.74) is 0. The highest BCUT2D eigenvalue weighted by Gasteiger charge is 2.15. The number of hydrogen-bond acceptors (Lipinski definition) is 6. The summed E-state index contributed by atoms with van der Waals surface area (Å²) in [7, 11) is 2.24. The second-order valence-corrected chi connectivity index (χ2v) is 18.7. The summed E-state index contributed by atoms with van der Waals surface area (Å²) in [5, 5.41) is 0. The highest BCUT2D eigenvalue weighted by Crippen LogP contribution is 2.22. The van der Waals surface area contributed by atoms with Crippen LogP contribution in [0.25, 0.3) is 0 Å². The summed E-state index contributed by atoms with van der Waals surface area (Å²) in [4.78, 5) is 30.6. The maximum Gasteiger partial charge on any atom is 0.305 e. The second kappa shape index (κ2) is 46.4. The van der Waals surface area contributed by atoms with Crippen molar-refractivity contribution < 1.29 is 19.1 Å². The van der Waals surface area contributed by atoms with Crippen molar-refractivity contribution in [2.45, 2.75) is 266 Å². The molecular weight excluding hydrogens is 729 g/mol. The van der Waals surface area contributed by atoms with Gasteiger partial charge < -0.3 is 19.3 Å². The van der Waals surface area contributed by atoms with Crippen molar-refractivity contribution in [1.82, 2.24) is 9.80 Å². The Morgan fingerprint density at radius 1 is 0.356 bits per heavy atom. The molecule has 0 aliphatic heterocycles. The molecule has 0 aliphatic carbocycles. The summed E-state index contributed by atoms with van der Waals surface area (Å²) in [6, 6.07) is 0. The predicted octanol–water partition coefficient (Wildman–Crippen LogP) is 15.7. The fourth-order valence-electron chi connectivity index (χ4n) is 8.64. The van der Waals surface area contributed by atoms with E-state index in [1.807, 2.05) is 0 Å². The summed E-state index contributed by atoms with van der Waals surface area (Å²) >= 11 is 0. The van der Waals surface area contributed by atoms with Gasteiger partial charge in [-0.1, -0.05) is 189 Å². The highest BCUT2D eigenvalue weighted by molar-refractivity contribution is 5.69. The molecule has 2 atom stereocenters. The molecule has 0 aromatic heterocycles. The Balaban J connectivity index is 4.60. The van der Waals surface area contributed by atoms with E-state index in [-0.39, 0.29) is 11.9 Å². The SMILES string of the molecule is CCCCCCCCCCC(CCCCCC)COC(=O)CCCCCN(CCCCCC(=O)OCC(CCCCCC)CCCCCCCC)CCCN(C)CCC. The first-order valence-electron chi connectivity index (χ1n) is 26.6. The normalized spacial score (nSPS) is 12.7. The minimum absolute atomic E-state index is 0.00633. The number of rotatable bonds is 48. The number of carbonyl (C=O) groups is 2. The zero-order valence-corrected chi connectivity index (χ0v) is 41.1. The number of carbonyl (C=O) groups excluding carboxylic acids is 2. The van der Waals surface area contributed by atoms with Crippen molar-refractivity contribution in [2.75, 3.05) is 53.0 Å². The van der Waals surface area contributed by atoms with Crippen LogP contribution in [0.3, 0.4) is 0 Å². The molecule has 0 bridgehead atoms.